The summed E-state index contributed by atoms with van der Waals surface area (Å²) in [5.74, 6) is 0.0205. The molecule has 1 rings (SSSR count). The minimum absolute atomic E-state index is 0.176. The molecule has 0 radical (unpaired) electrons. The molecule has 0 aliphatic heterocycles. The molecule has 0 bridgehead atoms. The number of hydrogen-bond donors (Lipinski definition) is 2. The number of nitrogens with one attached hydrogen (secondary N) is 2. The molecule has 0 saturated heterocycles. The predicted molar refractivity (Wildman–Crippen MR) is 111 cm³/mol. The Balaban J connectivity index is 2.19. The molecule has 0 saturated carbocycles. The molecule has 1 aromatic rings. The van der Waals surface area contributed by atoms with Gasteiger partial charge >= 0.3 is 5.97 Å². The number of rotatable bonds is 15. The topological polar surface area (TPSA) is 93.7 Å². The fourth-order valence-corrected chi connectivity index (χ4v) is 2.36. The van der Waals surface area contributed by atoms with E-state index in [0.717, 1.165) is 24.8 Å². The summed E-state index contributed by atoms with van der Waals surface area (Å²) in [5, 5.41) is 5.38. The lowest BCUT2D eigenvalue weighted by molar-refractivity contribution is -0.143. The quantitative estimate of drug-likeness (QED) is 0.267. The number of esters is 1. The molecule has 0 fully saturated rings. The Morgan fingerprint density at radius 2 is 1.52 bits per heavy atom. The second-order valence-corrected chi connectivity index (χ2v) is 6.30. The number of carbonyl (C=O) groups excluding carboxylic acids is 3. The summed E-state index contributed by atoms with van der Waals surface area (Å²) >= 11 is 0. The monoisotopic (exact) mass is 402 g/mol. The van der Waals surface area contributed by atoms with E-state index < -0.39 is 0 Å². The van der Waals surface area contributed by atoms with Crippen molar-refractivity contribution in [3.05, 3.63) is 55.1 Å². The lowest BCUT2D eigenvalue weighted by Crippen LogP contribution is -2.22. The van der Waals surface area contributed by atoms with E-state index in [4.69, 9.17) is 9.47 Å². The van der Waals surface area contributed by atoms with Crippen LogP contribution in [0.4, 0.5) is 0 Å². The van der Waals surface area contributed by atoms with Crippen LogP contribution in [0.3, 0.4) is 0 Å². The van der Waals surface area contributed by atoms with Crippen LogP contribution in [0.15, 0.2) is 49.6 Å². The Morgan fingerprint density at radius 3 is 2.14 bits per heavy atom. The molecular formula is C22H30N2O5. The third kappa shape index (κ3) is 12.1. The van der Waals surface area contributed by atoms with E-state index in [1.807, 2.05) is 24.3 Å². The van der Waals surface area contributed by atoms with Crippen molar-refractivity contribution in [1.82, 2.24) is 10.6 Å². The van der Waals surface area contributed by atoms with Crippen molar-refractivity contribution in [1.29, 1.82) is 0 Å². The molecule has 2 N–H and O–H groups in total. The van der Waals surface area contributed by atoms with Gasteiger partial charge in [0.2, 0.25) is 11.8 Å². The fourth-order valence-electron chi connectivity index (χ4n) is 2.36. The molecule has 0 heterocycles. The summed E-state index contributed by atoms with van der Waals surface area (Å²) in [6, 6.07) is 7.35. The number of hydrogen-bond acceptors (Lipinski definition) is 5. The van der Waals surface area contributed by atoms with Gasteiger partial charge in [0.25, 0.3) is 0 Å². The van der Waals surface area contributed by atoms with Crippen molar-refractivity contribution in [3.63, 3.8) is 0 Å². The van der Waals surface area contributed by atoms with Crippen LogP contribution in [0, 0.1) is 0 Å². The van der Waals surface area contributed by atoms with Gasteiger partial charge < -0.3 is 20.1 Å². The molecule has 0 aliphatic rings. The van der Waals surface area contributed by atoms with Gasteiger partial charge in [-0.2, -0.15) is 0 Å². The predicted octanol–water partition coefficient (Wildman–Crippen LogP) is 2.32. The molecular weight excluding hydrogens is 372 g/mol. The lowest BCUT2D eigenvalue weighted by atomic mass is 10.1. The molecule has 0 unspecified atom stereocenters. The van der Waals surface area contributed by atoms with Gasteiger partial charge in [0.05, 0.1) is 19.6 Å². The van der Waals surface area contributed by atoms with Gasteiger partial charge in [-0.3, -0.25) is 14.4 Å². The number of amides is 2. The van der Waals surface area contributed by atoms with E-state index in [2.05, 4.69) is 23.8 Å². The first-order chi connectivity index (χ1) is 14.0. The summed E-state index contributed by atoms with van der Waals surface area (Å²) in [5.41, 5.74) is 0.823. The van der Waals surface area contributed by atoms with Crippen LogP contribution < -0.4 is 15.4 Å². The Hall–Kier alpha value is -3.09. The highest BCUT2D eigenvalue weighted by Crippen LogP contribution is 2.14. The highest BCUT2D eigenvalue weighted by molar-refractivity contribution is 5.87. The van der Waals surface area contributed by atoms with E-state index in [1.54, 1.807) is 0 Å². The summed E-state index contributed by atoms with van der Waals surface area (Å²) in [4.78, 5) is 33.9. The maximum absolute atomic E-state index is 11.9. The average Bonchev–Trinajstić information content (AvgIpc) is 2.72. The van der Waals surface area contributed by atoms with E-state index in [-0.39, 0.29) is 24.2 Å². The third-order valence-corrected chi connectivity index (χ3v) is 3.89. The second-order valence-electron chi connectivity index (χ2n) is 6.30. The van der Waals surface area contributed by atoms with Crippen molar-refractivity contribution in [2.24, 2.45) is 0 Å². The standard InChI is InChI=1S/C22H30N2O5/c1-3-20(25)23-12-5-7-14-28-19-11-9-10-18(16-19)17-22(27)29-15-8-6-13-24-21(26)4-2/h3-4,9-11,16H,1-2,5-8,12-15,17H2,(H,23,25)(H,24,26). The first-order valence-corrected chi connectivity index (χ1v) is 9.73. The SMILES string of the molecule is C=CC(=O)NCCCCOC(=O)Cc1cccc(OCCCCNC(=O)C=C)c1. The van der Waals surface area contributed by atoms with Crippen LogP contribution >= 0.6 is 0 Å². The Bertz CT molecular complexity index is 688. The summed E-state index contributed by atoms with van der Waals surface area (Å²) in [7, 11) is 0. The van der Waals surface area contributed by atoms with E-state index in [9.17, 15) is 14.4 Å². The average molecular weight is 402 g/mol. The number of ether oxygens (including phenoxy) is 2. The summed E-state index contributed by atoms with van der Waals surface area (Å²) in [6.45, 7) is 8.73. The zero-order chi connectivity index (χ0) is 21.3. The van der Waals surface area contributed by atoms with Gasteiger partial charge in [-0.25, -0.2) is 0 Å². The minimum atomic E-state index is -0.296. The molecule has 0 atom stereocenters. The highest BCUT2D eigenvalue weighted by Gasteiger charge is 2.06. The van der Waals surface area contributed by atoms with Crippen LogP contribution in [-0.4, -0.2) is 44.1 Å². The molecule has 7 heteroatoms. The zero-order valence-corrected chi connectivity index (χ0v) is 16.8. The summed E-state index contributed by atoms with van der Waals surface area (Å²) in [6.07, 6.45) is 5.67. The zero-order valence-electron chi connectivity index (χ0n) is 16.8. The minimum Gasteiger partial charge on any atom is -0.494 e. The maximum atomic E-state index is 11.9. The molecule has 7 nitrogen and oxygen atoms in total. The normalized spacial score (nSPS) is 9.93. The summed E-state index contributed by atoms with van der Waals surface area (Å²) < 4.78 is 10.9. The molecule has 0 aromatic heterocycles. The van der Waals surface area contributed by atoms with Crippen molar-refractivity contribution < 1.29 is 23.9 Å². The van der Waals surface area contributed by atoms with Gasteiger partial charge in [0.1, 0.15) is 5.75 Å². The van der Waals surface area contributed by atoms with Gasteiger partial charge in [0.15, 0.2) is 0 Å². The van der Waals surface area contributed by atoms with Crippen LogP contribution in [-0.2, 0) is 25.5 Å². The van der Waals surface area contributed by atoms with Gasteiger partial charge in [-0.15, -0.1) is 0 Å². The Labute approximate surface area is 172 Å². The molecule has 29 heavy (non-hydrogen) atoms. The van der Waals surface area contributed by atoms with Crippen molar-refractivity contribution in [3.8, 4) is 5.75 Å². The van der Waals surface area contributed by atoms with Crippen molar-refractivity contribution in [2.45, 2.75) is 32.1 Å². The Morgan fingerprint density at radius 1 is 0.897 bits per heavy atom. The van der Waals surface area contributed by atoms with E-state index >= 15 is 0 Å². The van der Waals surface area contributed by atoms with Crippen LogP contribution in [0.1, 0.15) is 31.2 Å². The molecule has 158 valence electrons. The molecule has 1 aromatic carbocycles. The smallest absolute Gasteiger partial charge is 0.310 e. The number of benzene rings is 1. The molecule has 0 aliphatic carbocycles. The van der Waals surface area contributed by atoms with Gasteiger partial charge in [-0.05, 0) is 55.5 Å². The highest BCUT2D eigenvalue weighted by atomic mass is 16.5. The first kappa shape index (κ1) is 23.9. The number of carbonyl (C=O) groups is 3. The third-order valence-electron chi connectivity index (χ3n) is 3.89. The fraction of sp³-hybridized carbons (Fsp3) is 0.409. The van der Waals surface area contributed by atoms with Crippen LogP contribution in [0.25, 0.3) is 0 Å². The van der Waals surface area contributed by atoms with E-state index in [1.165, 1.54) is 12.2 Å². The molecule has 2 amide bonds. The molecule has 0 spiro atoms. The van der Waals surface area contributed by atoms with Crippen molar-refractivity contribution in [2.75, 3.05) is 26.3 Å². The number of unbranched alkanes of at least 4 members (excludes halogenated alkanes) is 2. The van der Waals surface area contributed by atoms with Crippen molar-refractivity contribution >= 4 is 17.8 Å². The van der Waals surface area contributed by atoms with Gasteiger partial charge in [-0.1, -0.05) is 25.3 Å². The van der Waals surface area contributed by atoms with Crippen LogP contribution in [0.5, 0.6) is 5.75 Å². The lowest BCUT2D eigenvalue weighted by Gasteiger charge is -2.09. The van der Waals surface area contributed by atoms with E-state index in [0.29, 0.717) is 38.5 Å². The first-order valence-electron chi connectivity index (χ1n) is 9.73. The Kier molecular flexibility index (Phi) is 12.3. The van der Waals surface area contributed by atoms with Gasteiger partial charge in [0, 0.05) is 13.1 Å². The maximum Gasteiger partial charge on any atom is 0.310 e. The van der Waals surface area contributed by atoms with Crippen LogP contribution in [0.2, 0.25) is 0 Å². The largest absolute Gasteiger partial charge is 0.494 e. The second kappa shape index (κ2) is 14.9.